The second-order valence-corrected chi connectivity index (χ2v) is 11.3. The van der Waals surface area contributed by atoms with Gasteiger partial charge in [0.15, 0.2) is 5.82 Å². The molecule has 1 aliphatic heterocycles. The van der Waals surface area contributed by atoms with Crippen molar-refractivity contribution in [2.24, 2.45) is 0 Å². The van der Waals surface area contributed by atoms with E-state index in [2.05, 4.69) is 101 Å². The van der Waals surface area contributed by atoms with Crippen molar-refractivity contribution in [3.05, 3.63) is 100 Å². The summed E-state index contributed by atoms with van der Waals surface area (Å²) in [7, 11) is 2.13. The second-order valence-electron chi connectivity index (χ2n) is 10.2. The van der Waals surface area contributed by atoms with Crippen LogP contribution in [0.15, 0.2) is 84.4 Å². The van der Waals surface area contributed by atoms with Crippen molar-refractivity contribution >= 4 is 40.2 Å². The molecule has 2 aromatic carbocycles. The molecule has 190 valence electrons. The molecule has 2 N–H and O–H groups in total. The number of thiophene rings is 1. The Labute approximate surface area is 223 Å². The lowest BCUT2D eigenvalue weighted by molar-refractivity contribution is 0.255. The predicted octanol–water partition coefficient (Wildman–Crippen LogP) is 7.41. The van der Waals surface area contributed by atoms with E-state index in [4.69, 9.17) is 0 Å². The highest BCUT2D eigenvalue weighted by Gasteiger charge is 2.36. The van der Waals surface area contributed by atoms with Crippen LogP contribution < -0.4 is 15.5 Å². The number of hydrogen-bond donors (Lipinski definition) is 2. The third-order valence-corrected chi connectivity index (χ3v) is 7.93. The molecule has 0 fully saturated rings. The number of rotatable bonds is 7. The smallest absolute Gasteiger partial charge is 0.323 e. The monoisotopic (exact) mass is 511 g/mol. The summed E-state index contributed by atoms with van der Waals surface area (Å²) < 4.78 is 0. The van der Waals surface area contributed by atoms with Crippen molar-refractivity contribution in [3.8, 4) is 0 Å². The fourth-order valence-electron chi connectivity index (χ4n) is 4.91. The van der Waals surface area contributed by atoms with E-state index >= 15 is 0 Å². The topological polar surface area (TPSA) is 60.5 Å². The first-order valence-corrected chi connectivity index (χ1v) is 13.4. The van der Waals surface area contributed by atoms with Gasteiger partial charge in [-0.25, -0.2) is 9.78 Å². The molecule has 3 heterocycles. The molecule has 6 nitrogen and oxygen atoms in total. The number of hydrogen-bond acceptors (Lipinski definition) is 5. The average molecular weight is 512 g/mol. The van der Waals surface area contributed by atoms with Crippen LogP contribution in [0.4, 0.5) is 27.7 Å². The van der Waals surface area contributed by atoms with Gasteiger partial charge in [-0.05, 0) is 66.9 Å². The number of amides is 2. The zero-order valence-corrected chi connectivity index (χ0v) is 22.5. The molecular formula is C30H33N5OS. The minimum absolute atomic E-state index is 0.00956. The number of para-hydroxylation sites is 1. The molecular weight excluding hydrogens is 478 g/mol. The van der Waals surface area contributed by atoms with Gasteiger partial charge in [0.2, 0.25) is 0 Å². The van der Waals surface area contributed by atoms with Crippen LogP contribution in [0.2, 0.25) is 0 Å². The summed E-state index contributed by atoms with van der Waals surface area (Å²) in [5, 5.41) is 8.09. The number of pyridine rings is 1. The molecule has 1 unspecified atom stereocenters. The van der Waals surface area contributed by atoms with Gasteiger partial charge >= 0.3 is 6.03 Å². The second kappa shape index (κ2) is 10.4. The maximum atomic E-state index is 13.0. The minimum atomic E-state index is -0.295. The summed E-state index contributed by atoms with van der Waals surface area (Å²) in [4.78, 5) is 23.4. The first-order valence-electron chi connectivity index (χ1n) is 12.5. The van der Waals surface area contributed by atoms with Crippen LogP contribution in [0.3, 0.4) is 0 Å². The molecule has 37 heavy (non-hydrogen) atoms. The summed E-state index contributed by atoms with van der Waals surface area (Å²) in [6, 6.07) is 24.4. The summed E-state index contributed by atoms with van der Waals surface area (Å²) in [6.07, 6.45) is 1.77. The van der Waals surface area contributed by atoms with E-state index in [9.17, 15) is 4.79 Å². The van der Waals surface area contributed by atoms with Gasteiger partial charge in [-0.1, -0.05) is 50.2 Å². The van der Waals surface area contributed by atoms with Crippen molar-refractivity contribution in [3.63, 3.8) is 0 Å². The van der Waals surface area contributed by atoms with E-state index in [0.29, 0.717) is 5.69 Å². The first-order chi connectivity index (χ1) is 17.8. The maximum absolute atomic E-state index is 13.0. The average Bonchev–Trinajstić information content (AvgIpc) is 3.50. The Morgan fingerprint density at radius 3 is 2.59 bits per heavy atom. The molecule has 2 aromatic heterocycles. The molecule has 4 aromatic rings. The Hall–Kier alpha value is -3.68. The van der Waals surface area contributed by atoms with Gasteiger partial charge in [0.05, 0.1) is 5.69 Å². The summed E-state index contributed by atoms with van der Waals surface area (Å²) >= 11 is 1.78. The fraction of sp³-hybridized carbons (Fsp3) is 0.267. The van der Waals surface area contributed by atoms with Crippen molar-refractivity contribution in [2.45, 2.75) is 38.8 Å². The zero-order chi connectivity index (χ0) is 26.0. The van der Waals surface area contributed by atoms with E-state index in [0.717, 1.165) is 30.3 Å². The van der Waals surface area contributed by atoms with E-state index in [1.165, 1.54) is 16.0 Å². The normalized spacial score (nSPS) is 14.9. The van der Waals surface area contributed by atoms with Crippen molar-refractivity contribution in [2.75, 3.05) is 29.1 Å². The standard InChI is InChI=1S/C30H33N5OS/c1-21(34(4)19-24-9-8-18-37-24)22-13-15-23(16-14-22)32-29(36)33-26-11-7-17-31-28(26)35-20-30(2,3)25-10-5-6-12-27(25)35/h5-18,21H,19-20H2,1-4H3,(H2,32,33,36). The zero-order valence-electron chi connectivity index (χ0n) is 21.7. The number of carbonyl (C=O) groups is 1. The molecule has 0 radical (unpaired) electrons. The van der Waals surface area contributed by atoms with Gasteiger partial charge in [-0.3, -0.25) is 4.90 Å². The van der Waals surface area contributed by atoms with E-state index < -0.39 is 0 Å². The van der Waals surface area contributed by atoms with Crippen LogP contribution in [0.1, 0.15) is 42.8 Å². The predicted molar refractivity (Wildman–Crippen MR) is 154 cm³/mol. The van der Waals surface area contributed by atoms with Crippen LogP contribution in [-0.2, 0) is 12.0 Å². The van der Waals surface area contributed by atoms with Crippen LogP contribution in [-0.4, -0.2) is 29.5 Å². The van der Waals surface area contributed by atoms with Crippen LogP contribution in [0, 0.1) is 0 Å². The molecule has 0 spiro atoms. The van der Waals surface area contributed by atoms with Gasteiger partial charge in [-0.2, -0.15) is 0 Å². The summed E-state index contributed by atoms with van der Waals surface area (Å²) in [5.74, 6) is 0.744. The van der Waals surface area contributed by atoms with Gasteiger partial charge in [-0.15, -0.1) is 11.3 Å². The lowest BCUT2D eigenvalue weighted by atomic mass is 9.87. The number of anilines is 4. The third-order valence-electron chi connectivity index (χ3n) is 7.07. The SMILES string of the molecule is CC(c1ccc(NC(=O)Nc2cccnc2N2CC(C)(C)c3ccccc32)cc1)N(C)Cc1cccs1. The van der Waals surface area contributed by atoms with Crippen molar-refractivity contribution < 1.29 is 4.79 Å². The van der Waals surface area contributed by atoms with E-state index in [-0.39, 0.29) is 17.5 Å². The molecule has 0 saturated heterocycles. The maximum Gasteiger partial charge on any atom is 0.323 e. The number of benzene rings is 2. The molecule has 1 aliphatic rings. The lowest BCUT2D eigenvalue weighted by Gasteiger charge is -2.25. The van der Waals surface area contributed by atoms with Gasteiger partial charge in [0.25, 0.3) is 0 Å². The molecule has 2 amide bonds. The third kappa shape index (κ3) is 5.38. The molecule has 7 heteroatoms. The molecule has 0 bridgehead atoms. The van der Waals surface area contributed by atoms with Gasteiger partial charge in [0.1, 0.15) is 0 Å². The number of fused-ring (bicyclic) bond motifs is 1. The molecule has 0 aliphatic carbocycles. The molecule has 0 saturated carbocycles. The largest absolute Gasteiger partial charge is 0.324 e. The van der Waals surface area contributed by atoms with E-state index in [1.54, 1.807) is 17.5 Å². The summed E-state index contributed by atoms with van der Waals surface area (Å²) in [5.41, 5.74) is 5.02. The highest BCUT2D eigenvalue weighted by Crippen LogP contribution is 2.45. The van der Waals surface area contributed by atoms with Gasteiger partial charge < -0.3 is 15.5 Å². The minimum Gasteiger partial charge on any atom is -0.324 e. The fourth-order valence-corrected chi connectivity index (χ4v) is 5.68. The Balaban J connectivity index is 1.26. The van der Waals surface area contributed by atoms with Crippen molar-refractivity contribution in [1.82, 2.24) is 9.88 Å². The van der Waals surface area contributed by atoms with Crippen LogP contribution in [0.5, 0.6) is 0 Å². The Kier molecular flexibility index (Phi) is 7.00. The summed E-state index contributed by atoms with van der Waals surface area (Å²) in [6.45, 7) is 8.37. The number of nitrogens with one attached hydrogen (secondary N) is 2. The van der Waals surface area contributed by atoms with Crippen LogP contribution >= 0.6 is 11.3 Å². The highest BCUT2D eigenvalue weighted by atomic mass is 32.1. The number of urea groups is 1. The van der Waals surface area contributed by atoms with Gasteiger partial charge in [0, 0.05) is 47.0 Å². The molecule has 5 rings (SSSR count). The Morgan fingerprint density at radius 2 is 1.84 bits per heavy atom. The first kappa shape index (κ1) is 25.0. The lowest BCUT2D eigenvalue weighted by Crippen LogP contribution is -2.27. The van der Waals surface area contributed by atoms with E-state index in [1.807, 2.05) is 30.3 Å². The number of aromatic nitrogens is 1. The van der Waals surface area contributed by atoms with Crippen LogP contribution in [0.25, 0.3) is 0 Å². The highest BCUT2D eigenvalue weighted by molar-refractivity contribution is 7.09. The van der Waals surface area contributed by atoms with Crippen molar-refractivity contribution in [1.29, 1.82) is 0 Å². The Bertz CT molecular complexity index is 1370. The number of carbonyl (C=O) groups excluding carboxylic acids is 1. The number of nitrogens with zero attached hydrogens (tertiary/aromatic N) is 3. The Morgan fingerprint density at radius 1 is 1.05 bits per heavy atom. The molecule has 1 atom stereocenters. The quantitative estimate of drug-likeness (QED) is 0.271.